The molecule has 19 heavy (non-hydrogen) atoms. The first kappa shape index (κ1) is 17.8. The van der Waals surface area contributed by atoms with Gasteiger partial charge in [-0.3, -0.25) is 9.59 Å². The molecule has 0 aliphatic heterocycles. The van der Waals surface area contributed by atoms with Gasteiger partial charge < -0.3 is 10.2 Å². The molecular formula is C9H16O8S2. The first-order valence-corrected chi connectivity index (χ1v) is 8.73. The van der Waals surface area contributed by atoms with Gasteiger partial charge in [0.2, 0.25) is 0 Å². The van der Waals surface area contributed by atoms with Gasteiger partial charge in [0.25, 0.3) is 0 Å². The SMILES string of the molecule is CC(C)(CS(=O)(=O)CC(=O)O)CS(=O)(=O)CC(=O)O. The fourth-order valence-electron chi connectivity index (χ4n) is 1.71. The number of carbonyl (C=O) groups is 2. The minimum atomic E-state index is -3.95. The summed E-state index contributed by atoms with van der Waals surface area (Å²) in [5.74, 6) is -6.52. The molecule has 0 radical (unpaired) electrons. The van der Waals surface area contributed by atoms with E-state index in [-0.39, 0.29) is 0 Å². The molecule has 0 aromatic heterocycles. The summed E-state index contributed by atoms with van der Waals surface area (Å²) in [7, 11) is -7.90. The van der Waals surface area contributed by atoms with Crippen molar-refractivity contribution in [2.24, 2.45) is 5.41 Å². The van der Waals surface area contributed by atoms with Crippen LogP contribution in [0.15, 0.2) is 0 Å². The lowest BCUT2D eigenvalue weighted by Crippen LogP contribution is -2.35. The molecule has 0 atom stereocenters. The van der Waals surface area contributed by atoms with Gasteiger partial charge in [-0.05, 0) is 5.41 Å². The molecular weight excluding hydrogens is 300 g/mol. The molecule has 10 heteroatoms. The molecule has 0 aliphatic carbocycles. The van der Waals surface area contributed by atoms with Gasteiger partial charge in [0.05, 0.1) is 11.5 Å². The third kappa shape index (κ3) is 8.54. The number of hydrogen-bond donors (Lipinski definition) is 2. The molecule has 0 saturated heterocycles. The van der Waals surface area contributed by atoms with Crippen molar-refractivity contribution in [3.8, 4) is 0 Å². The lowest BCUT2D eigenvalue weighted by molar-refractivity contribution is -0.135. The molecule has 112 valence electrons. The van der Waals surface area contributed by atoms with Gasteiger partial charge in [-0.1, -0.05) is 13.8 Å². The summed E-state index contributed by atoms with van der Waals surface area (Å²) in [6.07, 6.45) is 0. The summed E-state index contributed by atoms with van der Waals surface area (Å²) in [6, 6.07) is 0. The second-order valence-corrected chi connectivity index (χ2v) is 9.15. The molecule has 0 spiro atoms. The maximum atomic E-state index is 11.5. The van der Waals surface area contributed by atoms with E-state index in [2.05, 4.69) is 0 Å². The first-order chi connectivity index (χ1) is 8.25. The van der Waals surface area contributed by atoms with Crippen LogP contribution < -0.4 is 0 Å². The summed E-state index contributed by atoms with van der Waals surface area (Å²) in [6.45, 7) is 2.65. The van der Waals surface area contributed by atoms with Crippen LogP contribution in [-0.4, -0.2) is 62.0 Å². The highest BCUT2D eigenvalue weighted by Gasteiger charge is 2.33. The van der Waals surface area contributed by atoms with Crippen molar-refractivity contribution in [1.82, 2.24) is 0 Å². The monoisotopic (exact) mass is 316 g/mol. The Hall–Kier alpha value is -1.16. The van der Waals surface area contributed by atoms with Gasteiger partial charge in [-0.2, -0.15) is 0 Å². The Labute approximate surface area is 111 Å². The largest absolute Gasteiger partial charge is 0.480 e. The van der Waals surface area contributed by atoms with Gasteiger partial charge in [0.1, 0.15) is 11.5 Å². The maximum absolute atomic E-state index is 11.5. The maximum Gasteiger partial charge on any atom is 0.318 e. The average Bonchev–Trinajstić information content (AvgIpc) is 1.89. The highest BCUT2D eigenvalue weighted by atomic mass is 32.2. The summed E-state index contributed by atoms with van der Waals surface area (Å²) >= 11 is 0. The van der Waals surface area contributed by atoms with E-state index in [1.54, 1.807) is 0 Å². The van der Waals surface area contributed by atoms with Gasteiger partial charge in [0.15, 0.2) is 19.7 Å². The third-order valence-electron chi connectivity index (χ3n) is 1.91. The fraction of sp³-hybridized carbons (Fsp3) is 0.778. The smallest absolute Gasteiger partial charge is 0.318 e. The van der Waals surface area contributed by atoms with E-state index in [1.807, 2.05) is 0 Å². The minimum absolute atomic E-state index is 0.648. The highest BCUT2D eigenvalue weighted by Crippen LogP contribution is 2.21. The van der Waals surface area contributed by atoms with Crippen molar-refractivity contribution < 1.29 is 36.6 Å². The molecule has 0 fully saturated rings. The van der Waals surface area contributed by atoms with E-state index >= 15 is 0 Å². The molecule has 2 N–H and O–H groups in total. The Balaban J connectivity index is 4.92. The molecule has 0 aromatic rings. The van der Waals surface area contributed by atoms with Crippen LogP contribution in [0.25, 0.3) is 0 Å². The second kappa shape index (κ2) is 5.87. The Bertz CT molecular complexity index is 505. The van der Waals surface area contributed by atoms with Crippen LogP contribution in [0.4, 0.5) is 0 Å². The second-order valence-electron chi connectivity index (χ2n) is 5.02. The third-order valence-corrected chi connectivity index (χ3v) is 5.72. The van der Waals surface area contributed by atoms with Crippen LogP contribution >= 0.6 is 0 Å². The molecule has 0 aliphatic rings. The molecule has 0 aromatic carbocycles. The first-order valence-electron chi connectivity index (χ1n) is 5.09. The zero-order chi connectivity index (χ0) is 15.5. The summed E-state index contributed by atoms with van der Waals surface area (Å²) in [4.78, 5) is 20.7. The van der Waals surface area contributed by atoms with Crippen molar-refractivity contribution in [2.45, 2.75) is 13.8 Å². The Morgan fingerprint density at radius 2 is 1.11 bits per heavy atom. The van der Waals surface area contributed by atoms with Gasteiger partial charge >= 0.3 is 11.9 Å². The number of aliphatic carboxylic acids is 2. The zero-order valence-electron chi connectivity index (χ0n) is 10.5. The fourth-order valence-corrected chi connectivity index (χ4v) is 5.38. The van der Waals surface area contributed by atoms with Gasteiger partial charge in [-0.15, -0.1) is 0 Å². The van der Waals surface area contributed by atoms with E-state index < -0.39 is 60.0 Å². The van der Waals surface area contributed by atoms with E-state index in [9.17, 15) is 26.4 Å². The standard InChI is InChI=1S/C9H16O8S2/c1-9(2,5-18(14,15)3-7(10)11)6-19(16,17)4-8(12)13/h3-6H2,1-2H3,(H,10,11)(H,12,13). The van der Waals surface area contributed by atoms with Crippen molar-refractivity contribution in [1.29, 1.82) is 0 Å². The van der Waals surface area contributed by atoms with E-state index in [0.717, 1.165) is 0 Å². The molecule has 0 amide bonds. The van der Waals surface area contributed by atoms with Gasteiger partial charge in [-0.25, -0.2) is 16.8 Å². The predicted molar refractivity (Wildman–Crippen MR) is 66.4 cm³/mol. The van der Waals surface area contributed by atoms with Gasteiger partial charge in [0, 0.05) is 0 Å². The summed E-state index contributed by atoms with van der Waals surface area (Å²) in [5.41, 5.74) is -1.26. The molecule has 0 unspecified atom stereocenters. The molecule has 0 bridgehead atoms. The number of sulfone groups is 2. The molecule has 0 heterocycles. The summed E-state index contributed by atoms with van der Waals surface area (Å²) in [5, 5.41) is 16.8. The lowest BCUT2D eigenvalue weighted by Gasteiger charge is -2.23. The number of carboxylic acids is 2. The van der Waals surface area contributed by atoms with Crippen LogP contribution in [0.2, 0.25) is 0 Å². The predicted octanol–water partition coefficient (Wildman–Crippen LogP) is -0.989. The Morgan fingerprint density at radius 1 is 0.842 bits per heavy atom. The average molecular weight is 316 g/mol. The van der Waals surface area contributed by atoms with Crippen LogP contribution in [0.3, 0.4) is 0 Å². The van der Waals surface area contributed by atoms with Crippen molar-refractivity contribution in [3.63, 3.8) is 0 Å². The van der Waals surface area contributed by atoms with E-state index in [1.165, 1.54) is 13.8 Å². The highest BCUT2D eigenvalue weighted by molar-refractivity contribution is 7.93. The molecule has 8 nitrogen and oxygen atoms in total. The normalized spacial score (nSPS) is 13.2. The van der Waals surface area contributed by atoms with E-state index in [4.69, 9.17) is 10.2 Å². The quantitative estimate of drug-likeness (QED) is 0.581. The van der Waals surface area contributed by atoms with E-state index in [0.29, 0.717) is 0 Å². The minimum Gasteiger partial charge on any atom is -0.480 e. The van der Waals surface area contributed by atoms with Crippen LogP contribution in [0, 0.1) is 5.41 Å². The zero-order valence-corrected chi connectivity index (χ0v) is 12.1. The van der Waals surface area contributed by atoms with Crippen LogP contribution in [-0.2, 0) is 29.3 Å². The Morgan fingerprint density at radius 3 is 1.32 bits per heavy atom. The summed E-state index contributed by atoms with van der Waals surface area (Å²) < 4.78 is 45.9. The lowest BCUT2D eigenvalue weighted by atomic mass is 10.0. The van der Waals surface area contributed by atoms with Crippen LogP contribution in [0.5, 0.6) is 0 Å². The topological polar surface area (TPSA) is 143 Å². The van der Waals surface area contributed by atoms with Crippen LogP contribution in [0.1, 0.15) is 13.8 Å². The number of rotatable bonds is 8. The van der Waals surface area contributed by atoms with Crippen molar-refractivity contribution in [3.05, 3.63) is 0 Å². The number of hydrogen-bond acceptors (Lipinski definition) is 6. The molecule has 0 saturated carbocycles. The number of carboxylic acid groups (broad SMARTS) is 2. The molecule has 0 rings (SSSR count). The van der Waals surface area contributed by atoms with Crippen molar-refractivity contribution >= 4 is 31.6 Å². The Kier molecular flexibility index (Phi) is 5.51. The van der Waals surface area contributed by atoms with Crippen molar-refractivity contribution in [2.75, 3.05) is 23.0 Å².